The molecule has 1 amide bonds. The van der Waals surface area contributed by atoms with Crippen LogP contribution in [0.15, 0.2) is 30.3 Å². The summed E-state index contributed by atoms with van der Waals surface area (Å²) in [7, 11) is 0. The van der Waals surface area contributed by atoms with Gasteiger partial charge in [-0.05, 0) is 74.5 Å². The lowest BCUT2D eigenvalue weighted by atomic mass is 9.96. The van der Waals surface area contributed by atoms with Crippen molar-refractivity contribution in [1.29, 1.82) is 0 Å². The first-order valence-corrected chi connectivity index (χ1v) is 9.30. The topological polar surface area (TPSA) is 41.1 Å². The van der Waals surface area contributed by atoms with Gasteiger partial charge in [0.1, 0.15) is 5.82 Å². The first-order chi connectivity index (χ1) is 11.6. The smallest absolute Gasteiger partial charge is 0.261 e. The van der Waals surface area contributed by atoms with E-state index < -0.39 is 0 Å². The summed E-state index contributed by atoms with van der Waals surface area (Å²) in [6, 6.07) is 8.33. The minimum Gasteiger partial charge on any atom is -0.351 e. The summed E-state index contributed by atoms with van der Waals surface area (Å²) >= 11 is 1.47. The molecule has 0 saturated carbocycles. The molecule has 1 saturated heterocycles. The van der Waals surface area contributed by atoms with E-state index in [0.717, 1.165) is 35.5 Å². The van der Waals surface area contributed by atoms with Crippen LogP contribution in [0.5, 0.6) is 0 Å². The molecule has 1 aromatic heterocycles. The molecule has 1 aliphatic heterocycles. The molecule has 2 aromatic rings. The number of benzene rings is 1. The van der Waals surface area contributed by atoms with Crippen LogP contribution >= 0.6 is 23.7 Å². The number of halogens is 2. The Hall–Kier alpha value is -1.43. The van der Waals surface area contributed by atoms with E-state index in [1.807, 2.05) is 13.0 Å². The molecule has 0 radical (unpaired) electrons. The summed E-state index contributed by atoms with van der Waals surface area (Å²) in [6.45, 7) is 4.87. The monoisotopic (exact) mass is 382 g/mol. The Balaban J connectivity index is 0.00000225. The van der Waals surface area contributed by atoms with Gasteiger partial charge in [0, 0.05) is 11.4 Å². The van der Waals surface area contributed by atoms with Crippen LogP contribution in [-0.4, -0.2) is 25.5 Å². The van der Waals surface area contributed by atoms with Gasteiger partial charge < -0.3 is 10.6 Å². The van der Waals surface area contributed by atoms with Gasteiger partial charge in [0.2, 0.25) is 0 Å². The van der Waals surface area contributed by atoms with Gasteiger partial charge in [-0.25, -0.2) is 4.39 Å². The van der Waals surface area contributed by atoms with Crippen molar-refractivity contribution in [2.24, 2.45) is 5.92 Å². The molecule has 6 heteroatoms. The Kier molecular flexibility index (Phi) is 7.41. The number of hydrogen-bond acceptors (Lipinski definition) is 3. The number of carbonyl (C=O) groups is 1. The van der Waals surface area contributed by atoms with Gasteiger partial charge in [0.05, 0.1) is 4.88 Å². The molecule has 1 atom stereocenters. The molecule has 0 spiro atoms. The molecule has 2 N–H and O–H groups in total. The highest BCUT2D eigenvalue weighted by molar-refractivity contribution is 7.17. The Labute approximate surface area is 158 Å². The number of nitrogens with one attached hydrogen (secondary N) is 2. The molecule has 0 aliphatic carbocycles. The average molecular weight is 383 g/mol. The van der Waals surface area contributed by atoms with Crippen molar-refractivity contribution in [3.8, 4) is 10.4 Å². The maximum absolute atomic E-state index is 13.1. The van der Waals surface area contributed by atoms with Gasteiger partial charge >= 0.3 is 0 Å². The quantitative estimate of drug-likeness (QED) is 0.804. The molecule has 3 rings (SSSR count). The maximum Gasteiger partial charge on any atom is 0.261 e. The van der Waals surface area contributed by atoms with Gasteiger partial charge in [0.25, 0.3) is 5.91 Å². The van der Waals surface area contributed by atoms with Gasteiger partial charge in [-0.1, -0.05) is 12.1 Å². The fourth-order valence-electron chi connectivity index (χ4n) is 3.13. The lowest BCUT2D eigenvalue weighted by Crippen LogP contribution is -2.33. The van der Waals surface area contributed by atoms with Crippen molar-refractivity contribution < 1.29 is 9.18 Å². The molecule has 136 valence electrons. The van der Waals surface area contributed by atoms with Gasteiger partial charge in [-0.2, -0.15) is 0 Å². The van der Waals surface area contributed by atoms with Gasteiger partial charge in [-0.3, -0.25) is 4.79 Å². The van der Waals surface area contributed by atoms with Crippen LogP contribution in [0.2, 0.25) is 0 Å². The Morgan fingerprint density at radius 1 is 1.36 bits per heavy atom. The van der Waals surface area contributed by atoms with E-state index >= 15 is 0 Å². The Bertz CT molecular complexity index is 696. The van der Waals surface area contributed by atoms with E-state index in [2.05, 4.69) is 10.6 Å². The summed E-state index contributed by atoms with van der Waals surface area (Å²) < 4.78 is 13.1. The van der Waals surface area contributed by atoms with Crippen molar-refractivity contribution in [1.82, 2.24) is 10.6 Å². The van der Waals surface area contributed by atoms with Crippen LogP contribution in [0.3, 0.4) is 0 Å². The van der Waals surface area contributed by atoms with Crippen molar-refractivity contribution in [3.05, 3.63) is 46.6 Å². The number of hydrogen-bond donors (Lipinski definition) is 2. The Morgan fingerprint density at radius 2 is 2.12 bits per heavy atom. The first-order valence-electron chi connectivity index (χ1n) is 8.49. The molecule has 1 fully saturated rings. The van der Waals surface area contributed by atoms with Crippen LogP contribution < -0.4 is 10.6 Å². The van der Waals surface area contributed by atoms with E-state index in [4.69, 9.17) is 0 Å². The van der Waals surface area contributed by atoms with Crippen molar-refractivity contribution >= 4 is 29.7 Å². The predicted octanol–water partition coefficient (Wildman–Crippen LogP) is 4.40. The number of carbonyl (C=O) groups excluding carboxylic acids is 1. The standard InChI is InChI=1S/C19H23FN2OS.ClH/c1-13-11-17(24-18(13)15-4-6-16(20)7-5-15)19(23)22-10-8-14-3-2-9-21-12-14;/h4-7,11,14,21H,2-3,8-10,12H2,1H3,(H,22,23);1H. The lowest BCUT2D eigenvalue weighted by molar-refractivity contribution is 0.0954. The largest absolute Gasteiger partial charge is 0.351 e. The number of piperidine rings is 1. The number of amides is 1. The molecular weight excluding hydrogens is 359 g/mol. The summed E-state index contributed by atoms with van der Waals surface area (Å²) in [6.07, 6.45) is 3.49. The summed E-state index contributed by atoms with van der Waals surface area (Å²) in [4.78, 5) is 14.1. The molecule has 1 aliphatic rings. The fourth-order valence-corrected chi connectivity index (χ4v) is 4.22. The first kappa shape index (κ1) is 19.9. The zero-order chi connectivity index (χ0) is 16.9. The lowest BCUT2D eigenvalue weighted by Gasteiger charge is -2.22. The third-order valence-corrected chi connectivity index (χ3v) is 5.77. The van der Waals surface area contributed by atoms with Gasteiger partial charge in [-0.15, -0.1) is 23.7 Å². The van der Waals surface area contributed by atoms with E-state index in [9.17, 15) is 9.18 Å². The second kappa shape index (κ2) is 9.32. The SMILES string of the molecule is Cc1cc(C(=O)NCCC2CCCNC2)sc1-c1ccc(F)cc1.Cl. The minimum atomic E-state index is -0.247. The van der Waals surface area contributed by atoms with E-state index in [-0.39, 0.29) is 24.1 Å². The fraction of sp³-hybridized carbons (Fsp3) is 0.421. The van der Waals surface area contributed by atoms with Crippen molar-refractivity contribution in [2.45, 2.75) is 26.2 Å². The van der Waals surface area contributed by atoms with Crippen LogP contribution in [0.1, 0.15) is 34.5 Å². The van der Waals surface area contributed by atoms with Crippen LogP contribution in [-0.2, 0) is 0 Å². The maximum atomic E-state index is 13.1. The van der Waals surface area contributed by atoms with Crippen LogP contribution in [0, 0.1) is 18.7 Å². The molecule has 25 heavy (non-hydrogen) atoms. The van der Waals surface area contributed by atoms with Crippen molar-refractivity contribution in [3.63, 3.8) is 0 Å². The Morgan fingerprint density at radius 3 is 2.80 bits per heavy atom. The van der Waals surface area contributed by atoms with Crippen molar-refractivity contribution in [2.75, 3.05) is 19.6 Å². The highest BCUT2D eigenvalue weighted by Gasteiger charge is 2.16. The molecule has 1 aromatic carbocycles. The summed E-state index contributed by atoms with van der Waals surface area (Å²) in [5.41, 5.74) is 2.00. The third kappa shape index (κ3) is 5.27. The number of rotatable bonds is 5. The second-order valence-electron chi connectivity index (χ2n) is 6.39. The number of thiophene rings is 1. The second-order valence-corrected chi connectivity index (χ2v) is 7.44. The van der Waals surface area contributed by atoms with Crippen LogP contribution in [0.4, 0.5) is 4.39 Å². The summed E-state index contributed by atoms with van der Waals surface area (Å²) in [5.74, 6) is 0.405. The molecule has 3 nitrogen and oxygen atoms in total. The molecule has 0 bridgehead atoms. The van der Waals surface area contributed by atoms with E-state index in [1.54, 1.807) is 12.1 Å². The third-order valence-electron chi connectivity index (χ3n) is 4.49. The van der Waals surface area contributed by atoms with Crippen LogP contribution in [0.25, 0.3) is 10.4 Å². The van der Waals surface area contributed by atoms with E-state index in [1.165, 1.54) is 36.3 Å². The highest BCUT2D eigenvalue weighted by atomic mass is 35.5. The molecule has 1 unspecified atom stereocenters. The predicted molar refractivity (Wildman–Crippen MR) is 104 cm³/mol. The average Bonchev–Trinajstić information content (AvgIpc) is 2.98. The zero-order valence-electron chi connectivity index (χ0n) is 14.3. The molecular formula is C19H24ClFN2OS. The minimum absolute atomic E-state index is 0. The van der Waals surface area contributed by atoms with E-state index in [0.29, 0.717) is 17.3 Å². The normalized spacial score (nSPS) is 17.0. The highest BCUT2D eigenvalue weighted by Crippen LogP contribution is 2.32. The van der Waals surface area contributed by atoms with Gasteiger partial charge in [0.15, 0.2) is 0 Å². The zero-order valence-corrected chi connectivity index (χ0v) is 15.9. The molecule has 2 heterocycles. The summed E-state index contributed by atoms with van der Waals surface area (Å²) in [5, 5.41) is 6.43. The number of aryl methyl sites for hydroxylation is 1.